The van der Waals surface area contributed by atoms with Gasteiger partial charge in [-0.1, -0.05) is 24.3 Å². The van der Waals surface area contributed by atoms with Crippen LogP contribution in [0.4, 0.5) is 4.39 Å². The van der Waals surface area contributed by atoms with Crippen LogP contribution in [0.1, 0.15) is 44.4 Å². The highest BCUT2D eigenvalue weighted by atomic mass is 19.1. The molecule has 0 aliphatic carbocycles. The van der Waals surface area contributed by atoms with Gasteiger partial charge in [0.25, 0.3) is 5.91 Å². The van der Waals surface area contributed by atoms with Gasteiger partial charge in [-0.05, 0) is 66.4 Å². The van der Waals surface area contributed by atoms with E-state index < -0.39 is 11.9 Å². The molecule has 0 saturated carbocycles. The minimum atomic E-state index is -0.719. The summed E-state index contributed by atoms with van der Waals surface area (Å²) in [6.07, 6.45) is 0. The standard InChI is InChI=1S/C28H24FNO5/c1-15-11-16(2)23-22(12-15)35-27-24(26(23)31)25(18-7-10-20(33-3)21(13-18)34-4)30(28(27)32)14-17-5-8-19(29)9-6-17/h5-13,25H,14H2,1-4H3. The fraction of sp³-hybridized carbons (Fsp3) is 0.214. The minimum Gasteiger partial charge on any atom is -0.493 e. The molecular formula is C28H24FNO5. The van der Waals surface area contributed by atoms with Gasteiger partial charge < -0.3 is 18.8 Å². The van der Waals surface area contributed by atoms with E-state index in [0.717, 1.165) is 16.7 Å². The van der Waals surface area contributed by atoms with Crippen LogP contribution in [0.3, 0.4) is 0 Å². The molecule has 1 atom stereocenters. The molecule has 2 heterocycles. The van der Waals surface area contributed by atoms with E-state index >= 15 is 0 Å². The lowest BCUT2D eigenvalue weighted by Crippen LogP contribution is -2.29. The number of carbonyl (C=O) groups is 1. The molecule has 1 unspecified atom stereocenters. The monoisotopic (exact) mass is 473 g/mol. The first-order valence-electron chi connectivity index (χ1n) is 11.2. The second-order valence-corrected chi connectivity index (χ2v) is 8.71. The van der Waals surface area contributed by atoms with E-state index in [1.54, 1.807) is 41.3 Å². The van der Waals surface area contributed by atoms with Crippen LogP contribution in [0.5, 0.6) is 11.5 Å². The Morgan fingerprint density at radius 1 is 0.943 bits per heavy atom. The zero-order chi connectivity index (χ0) is 24.9. The first-order chi connectivity index (χ1) is 16.8. The number of benzene rings is 3. The second kappa shape index (κ2) is 8.58. The number of hydrogen-bond donors (Lipinski definition) is 0. The minimum absolute atomic E-state index is 0.0226. The second-order valence-electron chi connectivity index (χ2n) is 8.71. The Morgan fingerprint density at radius 2 is 1.66 bits per heavy atom. The molecular weight excluding hydrogens is 449 g/mol. The number of aryl methyl sites for hydroxylation is 2. The van der Waals surface area contributed by atoms with Gasteiger partial charge in [0.1, 0.15) is 11.4 Å². The van der Waals surface area contributed by atoms with Crippen LogP contribution in [-0.4, -0.2) is 25.0 Å². The van der Waals surface area contributed by atoms with Crippen molar-refractivity contribution in [3.05, 3.63) is 104 Å². The van der Waals surface area contributed by atoms with Gasteiger partial charge in [-0.15, -0.1) is 0 Å². The SMILES string of the molecule is COc1ccc(C2c3c(oc4cc(C)cc(C)c4c3=O)C(=O)N2Cc2ccc(F)cc2)cc1OC. The van der Waals surface area contributed by atoms with Crippen molar-refractivity contribution < 1.29 is 23.1 Å². The molecule has 6 nitrogen and oxygen atoms in total. The molecule has 1 aliphatic heterocycles. The molecule has 3 aromatic carbocycles. The quantitative estimate of drug-likeness (QED) is 0.393. The van der Waals surface area contributed by atoms with E-state index in [4.69, 9.17) is 13.9 Å². The zero-order valence-electron chi connectivity index (χ0n) is 19.8. The first-order valence-corrected chi connectivity index (χ1v) is 11.2. The van der Waals surface area contributed by atoms with E-state index in [-0.39, 0.29) is 29.1 Å². The Balaban J connectivity index is 1.75. The van der Waals surface area contributed by atoms with Crippen molar-refractivity contribution in [3.63, 3.8) is 0 Å². The molecule has 4 aromatic rings. The predicted molar refractivity (Wildman–Crippen MR) is 130 cm³/mol. The largest absolute Gasteiger partial charge is 0.493 e. The Hall–Kier alpha value is -4.13. The third-order valence-corrected chi connectivity index (χ3v) is 6.40. The molecule has 1 aliphatic rings. The molecule has 0 radical (unpaired) electrons. The lowest BCUT2D eigenvalue weighted by molar-refractivity contribution is 0.0714. The number of hydrogen-bond acceptors (Lipinski definition) is 5. The number of fused-ring (bicyclic) bond motifs is 2. The highest BCUT2D eigenvalue weighted by Crippen LogP contribution is 2.42. The number of amides is 1. The van der Waals surface area contributed by atoms with Crippen molar-refractivity contribution in [1.82, 2.24) is 4.90 Å². The van der Waals surface area contributed by atoms with Crippen molar-refractivity contribution in [2.75, 3.05) is 14.2 Å². The van der Waals surface area contributed by atoms with E-state index in [0.29, 0.717) is 28.0 Å². The van der Waals surface area contributed by atoms with E-state index in [1.165, 1.54) is 26.4 Å². The Bertz CT molecular complexity index is 1520. The van der Waals surface area contributed by atoms with Crippen LogP contribution in [-0.2, 0) is 6.54 Å². The van der Waals surface area contributed by atoms with Gasteiger partial charge >= 0.3 is 0 Å². The number of methoxy groups -OCH3 is 2. The fourth-order valence-corrected chi connectivity index (χ4v) is 4.83. The highest BCUT2D eigenvalue weighted by molar-refractivity contribution is 5.99. The maximum Gasteiger partial charge on any atom is 0.291 e. The first kappa shape index (κ1) is 22.7. The molecule has 0 N–H and O–H groups in total. The average Bonchev–Trinajstić information content (AvgIpc) is 3.11. The molecule has 0 bridgehead atoms. The number of nitrogens with zero attached hydrogens (tertiary/aromatic N) is 1. The summed E-state index contributed by atoms with van der Waals surface area (Å²) in [6, 6.07) is 14.2. The lowest BCUT2D eigenvalue weighted by Gasteiger charge is -2.26. The van der Waals surface area contributed by atoms with Crippen molar-refractivity contribution >= 4 is 16.9 Å². The molecule has 0 spiro atoms. The summed E-state index contributed by atoms with van der Waals surface area (Å²) in [6.45, 7) is 3.93. The Morgan fingerprint density at radius 3 is 2.34 bits per heavy atom. The van der Waals surface area contributed by atoms with E-state index in [2.05, 4.69) is 0 Å². The number of halogens is 1. The normalized spacial score (nSPS) is 14.9. The number of ether oxygens (including phenoxy) is 2. The molecule has 35 heavy (non-hydrogen) atoms. The van der Waals surface area contributed by atoms with Gasteiger partial charge in [-0.25, -0.2) is 4.39 Å². The molecule has 0 fully saturated rings. The van der Waals surface area contributed by atoms with Crippen LogP contribution in [0.25, 0.3) is 11.0 Å². The van der Waals surface area contributed by atoms with Gasteiger partial charge in [0.2, 0.25) is 5.76 Å². The predicted octanol–water partition coefficient (Wildman–Crippen LogP) is 5.31. The molecule has 7 heteroatoms. The summed E-state index contributed by atoms with van der Waals surface area (Å²) in [4.78, 5) is 29.1. The van der Waals surface area contributed by atoms with Gasteiger partial charge in [-0.3, -0.25) is 9.59 Å². The smallest absolute Gasteiger partial charge is 0.291 e. The zero-order valence-corrected chi connectivity index (χ0v) is 19.8. The van der Waals surface area contributed by atoms with Crippen LogP contribution >= 0.6 is 0 Å². The lowest BCUT2D eigenvalue weighted by atomic mass is 9.96. The number of rotatable bonds is 5. The van der Waals surface area contributed by atoms with Gasteiger partial charge in [0.05, 0.1) is 31.2 Å². The van der Waals surface area contributed by atoms with Crippen molar-refractivity contribution in [2.24, 2.45) is 0 Å². The van der Waals surface area contributed by atoms with Crippen LogP contribution in [0, 0.1) is 19.7 Å². The Kier molecular flexibility index (Phi) is 5.55. The van der Waals surface area contributed by atoms with Crippen LogP contribution in [0.2, 0.25) is 0 Å². The molecule has 0 saturated heterocycles. The third-order valence-electron chi connectivity index (χ3n) is 6.40. The molecule has 178 valence electrons. The van der Waals surface area contributed by atoms with Gasteiger partial charge in [-0.2, -0.15) is 0 Å². The topological polar surface area (TPSA) is 69.0 Å². The average molecular weight is 474 g/mol. The van der Waals surface area contributed by atoms with Gasteiger partial charge in [0, 0.05) is 6.54 Å². The molecule has 1 aromatic heterocycles. The molecule has 1 amide bonds. The summed E-state index contributed by atoms with van der Waals surface area (Å²) in [5.41, 5.74) is 3.54. The molecule has 5 rings (SSSR count). The maximum atomic E-state index is 13.9. The van der Waals surface area contributed by atoms with Crippen LogP contribution in [0.15, 0.2) is 63.8 Å². The highest BCUT2D eigenvalue weighted by Gasteiger charge is 2.43. The third kappa shape index (κ3) is 3.73. The van der Waals surface area contributed by atoms with Gasteiger partial charge in [0.15, 0.2) is 16.9 Å². The summed E-state index contributed by atoms with van der Waals surface area (Å²) >= 11 is 0. The summed E-state index contributed by atoms with van der Waals surface area (Å²) < 4.78 is 30.4. The van der Waals surface area contributed by atoms with Crippen molar-refractivity contribution in [1.29, 1.82) is 0 Å². The van der Waals surface area contributed by atoms with E-state index in [1.807, 2.05) is 19.9 Å². The summed E-state index contributed by atoms with van der Waals surface area (Å²) in [5.74, 6) is 0.263. The van der Waals surface area contributed by atoms with Crippen LogP contribution < -0.4 is 14.9 Å². The number of carbonyl (C=O) groups excluding carboxylic acids is 1. The van der Waals surface area contributed by atoms with Crippen molar-refractivity contribution in [3.8, 4) is 11.5 Å². The Labute approximate surface area is 201 Å². The summed E-state index contributed by atoms with van der Waals surface area (Å²) in [7, 11) is 3.07. The fourth-order valence-electron chi connectivity index (χ4n) is 4.83. The maximum absolute atomic E-state index is 13.9. The summed E-state index contributed by atoms with van der Waals surface area (Å²) in [5, 5.41) is 0.455. The van der Waals surface area contributed by atoms with Crippen molar-refractivity contribution in [2.45, 2.75) is 26.4 Å². The van der Waals surface area contributed by atoms with E-state index in [9.17, 15) is 14.0 Å².